The second-order valence-corrected chi connectivity index (χ2v) is 8.51. The van der Waals surface area contributed by atoms with Crippen LogP contribution in [0, 0.1) is 6.92 Å². The Kier molecular flexibility index (Phi) is 4.63. The monoisotopic (exact) mass is 337 g/mol. The third-order valence-electron chi connectivity index (χ3n) is 3.71. The smallest absolute Gasteiger partial charge is 0.252 e. The summed E-state index contributed by atoms with van der Waals surface area (Å²) in [5.41, 5.74) is 2.00. The Labute approximate surface area is 135 Å². The summed E-state index contributed by atoms with van der Waals surface area (Å²) >= 11 is 1.28. The Balaban J connectivity index is 1.87. The third kappa shape index (κ3) is 3.25. The molecule has 1 aliphatic heterocycles. The maximum atomic E-state index is 12.8. The standard InChI is InChI=1S/C16H19NO3S2/c1-13-10-16(21-12-13)22(18,19)17-8-5-9-20-15(11-17)14-6-3-2-4-7-14/h2-4,6-7,10,12,15H,5,8-9,11H2,1H3. The van der Waals surface area contributed by atoms with E-state index in [1.165, 1.54) is 11.3 Å². The van der Waals surface area contributed by atoms with E-state index in [2.05, 4.69) is 0 Å². The highest BCUT2D eigenvalue weighted by Gasteiger charge is 2.30. The Bertz CT molecular complexity index is 725. The zero-order chi connectivity index (χ0) is 15.6. The molecule has 6 heteroatoms. The van der Waals surface area contributed by atoms with Crippen LogP contribution in [0.25, 0.3) is 0 Å². The van der Waals surface area contributed by atoms with Gasteiger partial charge in [0.25, 0.3) is 10.0 Å². The van der Waals surface area contributed by atoms with Crippen LogP contribution in [-0.4, -0.2) is 32.4 Å². The number of rotatable bonds is 3. The van der Waals surface area contributed by atoms with Crippen molar-refractivity contribution in [2.75, 3.05) is 19.7 Å². The van der Waals surface area contributed by atoms with Crippen molar-refractivity contribution in [1.29, 1.82) is 0 Å². The van der Waals surface area contributed by atoms with E-state index >= 15 is 0 Å². The van der Waals surface area contributed by atoms with Gasteiger partial charge in [-0.3, -0.25) is 0 Å². The van der Waals surface area contributed by atoms with Crippen LogP contribution in [0.1, 0.15) is 23.7 Å². The van der Waals surface area contributed by atoms with Gasteiger partial charge < -0.3 is 4.74 Å². The van der Waals surface area contributed by atoms with E-state index in [4.69, 9.17) is 4.74 Å². The van der Waals surface area contributed by atoms with Gasteiger partial charge in [0.05, 0.1) is 6.10 Å². The largest absolute Gasteiger partial charge is 0.372 e. The maximum Gasteiger partial charge on any atom is 0.252 e. The number of hydrogen-bond donors (Lipinski definition) is 0. The zero-order valence-electron chi connectivity index (χ0n) is 12.4. The molecule has 3 rings (SSSR count). The molecule has 0 aliphatic carbocycles. The zero-order valence-corrected chi connectivity index (χ0v) is 14.1. The molecular formula is C16H19NO3S2. The summed E-state index contributed by atoms with van der Waals surface area (Å²) in [4.78, 5) is 0. The molecular weight excluding hydrogens is 318 g/mol. The summed E-state index contributed by atoms with van der Waals surface area (Å²) in [5, 5.41) is 1.87. The number of ether oxygens (including phenoxy) is 1. The highest BCUT2D eigenvalue weighted by molar-refractivity contribution is 7.91. The van der Waals surface area contributed by atoms with E-state index in [0.29, 0.717) is 30.3 Å². The predicted octanol–water partition coefficient (Wildman–Crippen LogP) is 3.21. The molecule has 1 aliphatic rings. The van der Waals surface area contributed by atoms with Crippen molar-refractivity contribution in [2.24, 2.45) is 0 Å². The summed E-state index contributed by atoms with van der Waals surface area (Å²) in [6.45, 7) is 3.36. The SMILES string of the molecule is Cc1csc(S(=O)(=O)N2CCCOC(c3ccccc3)C2)c1. The van der Waals surface area contributed by atoms with Crippen molar-refractivity contribution < 1.29 is 13.2 Å². The van der Waals surface area contributed by atoms with Crippen molar-refractivity contribution in [3.63, 3.8) is 0 Å². The molecule has 1 fully saturated rings. The fraction of sp³-hybridized carbons (Fsp3) is 0.375. The lowest BCUT2D eigenvalue weighted by molar-refractivity contribution is 0.0613. The molecule has 4 nitrogen and oxygen atoms in total. The minimum absolute atomic E-state index is 0.209. The Morgan fingerprint density at radius 3 is 2.73 bits per heavy atom. The van der Waals surface area contributed by atoms with Gasteiger partial charge in [-0.05, 0) is 35.9 Å². The van der Waals surface area contributed by atoms with Crippen molar-refractivity contribution in [2.45, 2.75) is 23.7 Å². The van der Waals surface area contributed by atoms with Crippen molar-refractivity contribution in [3.8, 4) is 0 Å². The quantitative estimate of drug-likeness (QED) is 0.864. The lowest BCUT2D eigenvalue weighted by Gasteiger charge is -2.23. The van der Waals surface area contributed by atoms with Gasteiger partial charge in [0, 0.05) is 19.7 Å². The van der Waals surface area contributed by atoms with Gasteiger partial charge in [-0.2, -0.15) is 4.31 Å². The summed E-state index contributed by atoms with van der Waals surface area (Å²) in [7, 11) is -3.43. The topological polar surface area (TPSA) is 46.6 Å². The van der Waals surface area contributed by atoms with Crippen LogP contribution in [0.2, 0.25) is 0 Å². The van der Waals surface area contributed by atoms with Crippen molar-refractivity contribution >= 4 is 21.4 Å². The average molecular weight is 337 g/mol. The van der Waals surface area contributed by atoms with E-state index in [1.807, 2.05) is 42.6 Å². The first-order chi connectivity index (χ1) is 10.6. The Hall–Kier alpha value is -1.21. The van der Waals surface area contributed by atoms with Gasteiger partial charge in [-0.1, -0.05) is 30.3 Å². The van der Waals surface area contributed by atoms with Crippen LogP contribution in [-0.2, 0) is 14.8 Å². The molecule has 2 aromatic rings. The second-order valence-electron chi connectivity index (χ2n) is 5.43. The molecule has 1 aromatic carbocycles. The first-order valence-electron chi connectivity index (χ1n) is 7.29. The molecule has 0 radical (unpaired) electrons. The Morgan fingerprint density at radius 2 is 2.05 bits per heavy atom. The fourth-order valence-electron chi connectivity index (χ4n) is 2.55. The Morgan fingerprint density at radius 1 is 1.27 bits per heavy atom. The van der Waals surface area contributed by atoms with Crippen molar-refractivity contribution in [1.82, 2.24) is 4.31 Å². The predicted molar refractivity (Wildman–Crippen MR) is 87.6 cm³/mol. The van der Waals surface area contributed by atoms with E-state index in [1.54, 1.807) is 10.4 Å². The van der Waals surface area contributed by atoms with Crippen LogP contribution in [0.3, 0.4) is 0 Å². The normalized spacial score (nSPS) is 20.7. The molecule has 1 aromatic heterocycles. The lowest BCUT2D eigenvalue weighted by atomic mass is 10.1. The first-order valence-corrected chi connectivity index (χ1v) is 9.61. The van der Waals surface area contributed by atoms with Gasteiger partial charge in [0.15, 0.2) is 0 Å². The van der Waals surface area contributed by atoms with Gasteiger partial charge in [-0.15, -0.1) is 11.3 Å². The second kappa shape index (κ2) is 6.50. The molecule has 0 N–H and O–H groups in total. The third-order valence-corrected chi connectivity index (χ3v) is 7.11. The van der Waals surface area contributed by atoms with Crippen LogP contribution in [0.5, 0.6) is 0 Å². The summed E-state index contributed by atoms with van der Waals surface area (Å²) in [5.74, 6) is 0. The summed E-state index contributed by atoms with van der Waals surface area (Å²) < 4.78 is 33.4. The number of nitrogens with zero attached hydrogens (tertiary/aromatic N) is 1. The molecule has 0 saturated carbocycles. The molecule has 0 spiro atoms. The lowest BCUT2D eigenvalue weighted by Crippen LogP contribution is -2.33. The molecule has 22 heavy (non-hydrogen) atoms. The summed E-state index contributed by atoms with van der Waals surface area (Å²) in [6.07, 6.45) is 0.506. The molecule has 0 amide bonds. The molecule has 118 valence electrons. The van der Waals surface area contributed by atoms with Crippen LogP contribution in [0.15, 0.2) is 46.0 Å². The molecule has 1 atom stereocenters. The van der Waals surface area contributed by atoms with E-state index in [-0.39, 0.29) is 6.10 Å². The van der Waals surface area contributed by atoms with Crippen LogP contribution in [0.4, 0.5) is 0 Å². The highest BCUT2D eigenvalue weighted by atomic mass is 32.2. The van der Waals surface area contributed by atoms with E-state index in [9.17, 15) is 8.42 Å². The average Bonchev–Trinajstić information content (AvgIpc) is 2.82. The number of benzene rings is 1. The molecule has 1 saturated heterocycles. The number of aryl methyl sites for hydroxylation is 1. The van der Waals surface area contributed by atoms with E-state index < -0.39 is 10.0 Å². The first kappa shape index (κ1) is 15.7. The highest BCUT2D eigenvalue weighted by Crippen LogP contribution is 2.28. The maximum absolute atomic E-state index is 12.8. The number of sulfonamides is 1. The molecule has 1 unspecified atom stereocenters. The fourth-order valence-corrected chi connectivity index (χ4v) is 5.41. The molecule has 2 heterocycles. The van der Waals surface area contributed by atoms with Gasteiger partial charge in [-0.25, -0.2) is 8.42 Å². The number of thiophene rings is 1. The van der Waals surface area contributed by atoms with Crippen LogP contribution < -0.4 is 0 Å². The van der Waals surface area contributed by atoms with E-state index in [0.717, 1.165) is 11.1 Å². The van der Waals surface area contributed by atoms with Gasteiger partial charge >= 0.3 is 0 Å². The summed E-state index contributed by atoms with van der Waals surface area (Å²) in [6, 6.07) is 11.6. The minimum atomic E-state index is -3.43. The van der Waals surface area contributed by atoms with Gasteiger partial charge in [0.2, 0.25) is 0 Å². The van der Waals surface area contributed by atoms with Gasteiger partial charge in [0.1, 0.15) is 4.21 Å². The number of hydrogen-bond acceptors (Lipinski definition) is 4. The minimum Gasteiger partial charge on any atom is -0.372 e. The van der Waals surface area contributed by atoms with Crippen molar-refractivity contribution in [3.05, 3.63) is 52.9 Å². The van der Waals surface area contributed by atoms with Crippen LogP contribution >= 0.6 is 11.3 Å². The molecule has 0 bridgehead atoms.